The molecule has 25 heavy (non-hydrogen) atoms. The van der Waals surface area contributed by atoms with Crippen LogP contribution in [0.4, 0.5) is 0 Å². The minimum absolute atomic E-state index is 0.0814. The standard InChI is InChI=1S/C16H14N2O5S2/c19-16-18-12-6-5-11(7-15(12)24-16)25(20,21)17-8-10-9-22-13-3-1-2-4-14(13)23-10/h1-7,10,17H,8-9H2,(H,18,19). The molecule has 1 aromatic heterocycles. The molecule has 1 aliphatic rings. The van der Waals surface area contributed by atoms with Crippen molar-refractivity contribution in [2.75, 3.05) is 13.2 Å². The summed E-state index contributed by atoms with van der Waals surface area (Å²) in [6, 6.07) is 11.8. The molecule has 7 nitrogen and oxygen atoms in total. The van der Waals surface area contributed by atoms with E-state index in [4.69, 9.17) is 9.47 Å². The maximum Gasteiger partial charge on any atom is 0.305 e. The highest BCUT2D eigenvalue weighted by Crippen LogP contribution is 2.30. The van der Waals surface area contributed by atoms with Crippen molar-refractivity contribution in [1.29, 1.82) is 0 Å². The first-order valence-corrected chi connectivity index (χ1v) is 9.82. The van der Waals surface area contributed by atoms with Crippen molar-refractivity contribution < 1.29 is 17.9 Å². The molecule has 2 aromatic carbocycles. The predicted molar refractivity (Wildman–Crippen MR) is 94.0 cm³/mol. The summed E-state index contributed by atoms with van der Waals surface area (Å²) in [5.41, 5.74) is 0.620. The monoisotopic (exact) mass is 378 g/mol. The second kappa shape index (κ2) is 6.17. The number of rotatable bonds is 4. The van der Waals surface area contributed by atoms with E-state index in [-0.39, 0.29) is 22.9 Å². The van der Waals surface area contributed by atoms with Crippen LogP contribution in [0.1, 0.15) is 0 Å². The van der Waals surface area contributed by atoms with Gasteiger partial charge in [0.15, 0.2) is 11.5 Å². The first-order chi connectivity index (χ1) is 12.0. The molecule has 0 amide bonds. The zero-order valence-corrected chi connectivity index (χ0v) is 14.5. The zero-order valence-electron chi connectivity index (χ0n) is 12.9. The van der Waals surface area contributed by atoms with Crippen molar-refractivity contribution >= 4 is 31.6 Å². The van der Waals surface area contributed by atoms with Crippen LogP contribution in [0, 0.1) is 0 Å². The summed E-state index contributed by atoms with van der Waals surface area (Å²) in [5, 5.41) is 0. The van der Waals surface area contributed by atoms with Crippen molar-refractivity contribution in [3.05, 3.63) is 52.1 Å². The molecule has 0 saturated heterocycles. The van der Waals surface area contributed by atoms with E-state index in [1.165, 1.54) is 12.1 Å². The van der Waals surface area contributed by atoms with Gasteiger partial charge in [-0.15, -0.1) is 0 Å². The van der Waals surface area contributed by atoms with Gasteiger partial charge >= 0.3 is 4.87 Å². The minimum Gasteiger partial charge on any atom is -0.486 e. The zero-order chi connectivity index (χ0) is 17.4. The fraction of sp³-hybridized carbons (Fsp3) is 0.188. The van der Waals surface area contributed by atoms with Crippen LogP contribution < -0.4 is 19.1 Å². The summed E-state index contributed by atoms with van der Waals surface area (Å²) in [6.07, 6.45) is -0.420. The van der Waals surface area contributed by atoms with Gasteiger partial charge in [-0.1, -0.05) is 23.5 Å². The van der Waals surface area contributed by atoms with Crippen molar-refractivity contribution in [1.82, 2.24) is 9.71 Å². The van der Waals surface area contributed by atoms with Crippen LogP contribution in [0.2, 0.25) is 0 Å². The summed E-state index contributed by atoms with van der Waals surface area (Å²) in [5.74, 6) is 1.24. The Balaban J connectivity index is 1.48. The molecule has 0 radical (unpaired) electrons. The summed E-state index contributed by atoms with van der Waals surface area (Å²) in [6.45, 7) is 0.343. The molecule has 0 bridgehead atoms. The van der Waals surface area contributed by atoms with E-state index >= 15 is 0 Å². The van der Waals surface area contributed by atoms with E-state index in [0.29, 0.717) is 21.7 Å². The van der Waals surface area contributed by atoms with Gasteiger partial charge in [0.05, 0.1) is 21.7 Å². The molecule has 0 aliphatic carbocycles. The van der Waals surface area contributed by atoms with Crippen molar-refractivity contribution in [3.8, 4) is 11.5 Å². The Morgan fingerprint density at radius 1 is 1.20 bits per heavy atom. The van der Waals surface area contributed by atoms with Gasteiger partial charge in [0.25, 0.3) is 0 Å². The topological polar surface area (TPSA) is 97.5 Å². The lowest BCUT2D eigenvalue weighted by Gasteiger charge is -2.26. The average molecular weight is 378 g/mol. The SMILES string of the molecule is O=c1[nH]c2ccc(S(=O)(=O)NCC3COc4ccccc4O3)cc2s1. The number of fused-ring (bicyclic) bond motifs is 2. The third kappa shape index (κ3) is 3.26. The van der Waals surface area contributed by atoms with Gasteiger partial charge in [-0.25, -0.2) is 13.1 Å². The molecule has 4 rings (SSSR count). The second-order valence-electron chi connectivity index (χ2n) is 5.52. The van der Waals surface area contributed by atoms with Crippen molar-refractivity contribution in [3.63, 3.8) is 0 Å². The fourth-order valence-corrected chi connectivity index (χ4v) is 4.48. The molecule has 3 aromatic rings. The molecule has 9 heteroatoms. The van der Waals surface area contributed by atoms with Crippen LogP contribution in [0.15, 0.2) is 52.2 Å². The highest BCUT2D eigenvalue weighted by atomic mass is 32.2. The third-order valence-corrected chi connectivity index (χ3v) is 6.04. The number of H-pyrrole nitrogens is 1. The number of sulfonamides is 1. The first-order valence-electron chi connectivity index (χ1n) is 7.52. The van der Waals surface area contributed by atoms with E-state index in [9.17, 15) is 13.2 Å². The van der Waals surface area contributed by atoms with Gasteiger partial charge in [0.1, 0.15) is 12.7 Å². The number of thiazole rings is 1. The maximum atomic E-state index is 12.5. The maximum absolute atomic E-state index is 12.5. The first kappa shape index (κ1) is 16.1. The Bertz CT molecular complexity index is 1090. The molecule has 1 atom stereocenters. The molecule has 0 spiro atoms. The van der Waals surface area contributed by atoms with Crippen LogP contribution >= 0.6 is 11.3 Å². The molecule has 0 saturated carbocycles. The Labute approximate surface area is 147 Å². The molecule has 2 N–H and O–H groups in total. The number of hydrogen-bond donors (Lipinski definition) is 2. The van der Waals surface area contributed by atoms with E-state index in [2.05, 4.69) is 9.71 Å². The predicted octanol–water partition coefficient (Wildman–Crippen LogP) is 1.71. The molecule has 0 fully saturated rings. The summed E-state index contributed by atoms with van der Waals surface area (Å²) in [7, 11) is -3.71. The fourth-order valence-electron chi connectivity index (χ4n) is 2.54. The van der Waals surface area contributed by atoms with Gasteiger partial charge in [-0.2, -0.15) is 0 Å². The van der Waals surface area contributed by atoms with Crippen LogP contribution in [0.5, 0.6) is 11.5 Å². The number of nitrogens with one attached hydrogen (secondary N) is 2. The van der Waals surface area contributed by atoms with Gasteiger partial charge in [0.2, 0.25) is 10.0 Å². The van der Waals surface area contributed by atoms with Crippen LogP contribution in [0.3, 0.4) is 0 Å². The van der Waals surface area contributed by atoms with Crippen LogP contribution in [-0.4, -0.2) is 32.7 Å². The van der Waals surface area contributed by atoms with Gasteiger partial charge < -0.3 is 14.5 Å². The highest BCUT2D eigenvalue weighted by molar-refractivity contribution is 7.89. The Morgan fingerprint density at radius 2 is 2.00 bits per heavy atom. The lowest BCUT2D eigenvalue weighted by molar-refractivity contribution is 0.0943. The van der Waals surface area contributed by atoms with E-state index in [0.717, 1.165) is 11.3 Å². The van der Waals surface area contributed by atoms with E-state index in [1.807, 2.05) is 12.1 Å². The van der Waals surface area contributed by atoms with Crippen LogP contribution in [0.25, 0.3) is 10.2 Å². The second-order valence-corrected chi connectivity index (χ2v) is 8.30. The molecular formula is C16H14N2O5S2. The normalized spacial score (nSPS) is 16.9. The highest BCUT2D eigenvalue weighted by Gasteiger charge is 2.23. The lowest BCUT2D eigenvalue weighted by atomic mass is 10.2. The smallest absolute Gasteiger partial charge is 0.305 e. The molecule has 130 valence electrons. The number of aromatic amines is 1. The third-order valence-electron chi connectivity index (χ3n) is 3.77. The molecule has 2 heterocycles. The number of benzene rings is 2. The molecule has 1 unspecified atom stereocenters. The Hall–Kier alpha value is -2.36. The summed E-state index contributed by atoms with van der Waals surface area (Å²) >= 11 is 0.973. The van der Waals surface area contributed by atoms with E-state index < -0.39 is 16.1 Å². The summed E-state index contributed by atoms with van der Waals surface area (Å²) < 4.78 is 39.4. The largest absolute Gasteiger partial charge is 0.486 e. The quantitative estimate of drug-likeness (QED) is 0.720. The minimum atomic E-state index is -3.71. The average Bonchev–Trinajstić information content (AvgIpc) is 2.99. The van der Waals surface area contributed by atoms with Crippen LogP contribution in [-0.2, 0) is 10.0 Å². The van der Waals surface area contributed by atoms with Crippen molar-refractivity contribution in [2.24, 2.45) is 0 Å². The van der Waals surface area contributed by atoms with Gasteiger partial charge in [0, 0.05) is 0 Å². The number of para-hydroxylation sites is 2. The van der Waals surface area contributed by atoms with Crippen molar-refractivity contribution in [2.45, 2.75) is 11.0 Å². The Kier molecular flexibility index (Phi) is 3.98. The molecular weight excluding hydrogens is 364 g/mol. The number of aromatic nitrogens is 1. The summed E-state index contributed by atoms with van der Waals surface area (Å²) in [4.78, 5) is 13.9. The number of hydrogen-bond acceptors (Lipinski definition) is 6. The number of ether oxygens (including phenoxy) is 2. The lowest BCUT2D eigenvalue weighted by Crippen LogP contribution is -2.40. The van der Waals surface area contributed by atoms with Gasteiger partial charge in [-0.3, -0.25) is 4.79 Å². The molecule has 1 aliphatic heterocycles. The Morgan fingerprint density at radius 3 is 2.84 bits per heavy atom. The van der Waals surface area contributed by atoms with E-state index in [1.54, 1.807) is 18.2 Å². The van der Waals surface area contributed by atoms with Gasteiger partial charge in [-0.05, 0) is 30.3 Å².